The van der Waals surface area contributed by atoms with Crippen LogP contribution in [0.25, 0.3) is 0 Å². The van der Waals surface area contributed by atoms with Crippen molar-refractivity contribution in [3.63, 3.8) is 0 Å². The lowest BCUT2D eigenvalue weighted by Gasteiger charge is -2.20. The van der Waals surface area contributed by atoms with Crippen molar-refractivity contribution in [2.24, 2.45) is 0 Å². The molecular weight excluding hydrogens is 338 g/mol. The van der Waals surface area contributed by atoms with Gasteiger partial charge in [-0.05, 0) is 37.3 Å². The van der Waals surface area contributed by atoms with Crippen molar-refractivity contribution in [3.8, 4) is 0 Å². The Morgan fingerprint density at radius 1 is 1.13 bits per heavy atom. The minimum Gasteiger partial charge on any atom is -0.465 e. The molecule has 0 atom stereocenters. The fourth-order valence-electron chi connectivity index (χ4n) is 1.98. The number of rotatable bonds is 4. The van der Waals surface area contributed by atoms with E-state index in [9.17, 15) is 13.2 Å². The quantitative estimate of drug-likeness (QED) is 0.791. The molecule has 2 aromatic carbocycles. The number of ether oxygens (including phenoxy) is 1. The monoisotopic (exact) mass is 353 g/mol. The molecule has 0 heterocycles. The van der Waals surface area contributed by atoms with Crippen molar-refractivity contribution in [2.45, 2.75) is 11.8 Å². The molecule has 0 N–H and O–H groups in total. The molecule has 2 aromatic rings. The number of esters is 1. The van der Waals surface area contributed by atoms with E-state index in [0.29, 0.717) is 5.69 Å². The zero-order valence-corrected chi connectivity index (χ0v) is 14.5. The van der Waals surface area contributed by atoms with E-state index in [4.69, 9.17) is 11.6 Å². The number of carbonyl (C=O) groups is 1. The highest BCUT2D eigenvalue weighted by Crippen LogP contribution is 2.27. The Hall–Kier alpha value is -2.05. The van der Waals surface area contributed by atoms with Crippen LogP contribution in [0.1, 0.15) is 15.9 Å². The first-order valence-corrected chi connectivity index (χ1v) is 8.52. The summed E-state index contributed by atoms with van der Waals surface area (Å²) in [7, 11) is -1.03. The minimum absolute atomic E-state index is 0.125. The van der Waals surface area contributed by atoms with Gasteiger partial charge in [0.15, 0.2) is 0 Å². The molecule has 0 fully saturated rings. The number of aryl methyl sites for hydroxylation is 1. The second-order valence-corrected chi connectivity index (χ2v) is 7.32. The maximum Gasteiger partial charge on any atom is 0.339 e. The molecule has 0 aliphatic rings. The molecule has 7 heteroatoms. The standard InChI is InChI=1S/C16H16ClNO4S/c1-11-4-7-13(8-5-11)23(20,21)18(2)12-6-9-14(15(17)10-12)16(19)22-3/h4-10H,1-3H3. The molecule has 0 bridgehead atoms. The lowest BCUT2D eigenvalue weighted by atomic mass is 10.2. The maximum absolute atomic E-state index is 12.6. The van der Waals surface area contributed by atoms with E-state index in [2.05, 4.69) is 4.74 Å². The SMILES string of the molecule is COC(=O)c1ccc(N(C)S(=O)(=O)c2ccc(C)cc2)cc1Cl. The van der Waals surface area contributed by atoms with Crippen LogP contribution in [0.2, 0.25) is 5.02 Å². The first-order chi connectivity index (χ1) is 10.8. The third-order valence-corrected chi connectivity index (χ3v) is 5.51. The number of nitrogens with zero attached hydrogens (tertiary/aromatic N) is 1. The van der Waals surface area contributed by atoms with Gasteiger partial charge in [0, 0.05) is 7.05 Å². The van der Waals surface area contributed by atoms with Crippen LogP contribution in [0.3, 0.4) is 0 Å². The Morgan fingerprint density at radius 2 is 1.74 bits per heavy atom. The number of methoxy groups -OCH3 is 1. The molecule has 0 saturated heterocycles. The summed E-state index contributed by atoms with van der Waals surface area (Å²) < 4.78 is 31.0. The Balaban J connectivity index is 2.40. The molecule has 5 nitrogen and oxygen atoms in total. The van der Waals surface area contributed by atoms with Crippen molar-refractivity contribution in [1.29, 1.82) is 0 Å². The predicted octanol–water partition coefficient (Wildman–Crippen LogP) is 3.26. The minimum atomic E-state index is -3.71. The molecule has 0 aliphatic carbocycles. The molecule has 122 valence electrons. The highest BCUT2D eigenvalue weighted by molar-refractivity contribution is 7.92. The van der Waals surface area contributed by atoms with Gasteiger partial charge in [-0.2, -0.15) is 0 Å². The van der Waals surface area contributed by atoms with Crippen LogP contribution in [0.5, 0.6) is 0 Å². The highest BCUT2D eigenvalue weighted by Gasteiger charge is 2.22. The third kappa shape index (κ3) is 3.48. The van der Waals surface area contributed by atoms with Crippen molar-refractivity contribution in [2.75, 3.05) is 18.5 Å². The maximum atomic E-state index is 12.6. The number of sulfonamides is 1. The number of hydrogen-bond donors (Lipinski definition) is 0. The van der Waals surface area contributed by atoms with Gasteiger partial charge in [0.2, 0.25) is 0 Å². The van der Waals surface area contributed by atoms with E-state index < -0.39 is 16.0 Å². The fraction of sp³-hybridized carbons (Fsp3) is 0.188. The Bertz CT molecular complexity index is 832. The summed E-state index contributed by atoms with van der Waals surface area (Å²) in [6.07, 6.45) is 0. The van der Waals surface area contributed by atoms with Gasteiger partial charge in [-0.15, -0.1) is 0 Å². The molecule has 0 aliphatic heterocycles. The zero-order valence-electron chi connectivity index (χ0n) is 12.9. The zero-order chi connectivity index (χ0) is 17.2. The molecule has 23 heavy (non-hydrogen) atoms. The van der Waals surface area contributed by atoms with Crippen LogP contribution in [0.4, 0.5) is 5.69 Å². The summed E-state index contributed by atoms with van der Waals surface area (Å²) >= 11 is 6.04. The summed E-state index contributed by atoms with van der Waals surface area (Å²) in [6.45, 7) is 1.88. The lowest BCUT2D eigenvalue weighted by Crippen LogP contribution is -2.26. The summed E-state index contributed by atoms with van der Waals surface area (Å²) in [5.74, 6) is -0.578. The van der Waals surface area contributed by atoms with Crippen molar-refractivity contribution < 1.29 is 17.9 Å². The van der Waals surface area contributed by atoms with Gasteiger partial charge < -0.3 is 4.74 Å². The largest absolute Gasteiger partial charge is 0.465 e. The smallest absolute Gasteiger partial charge is 0.339 e. The van der Waals surface area contributed by atoms with E-state index in [1.165, 1.54) is 32.4 Å². The van der Waals surface area contributed by atoms with Gasteiger partial charge in [-0.25, -0.2) is 13.2 Å². The number of hydrogen-bond acceptors (Lipinski definition) is 4. The molecular formula is C16H16ClNO4S. The van der Waals surface area contributed by atoms with Crippen LogP contribution in [-0.4, -0.2) is 28.5 Å². The number of anilines is 1. The summed E-state index contributed by atoms with van der Waals surface area (Å²) in [4.78, 5) is 11.7. The Morgan fingerprint density at radius 3 is 2.26 bits per heavy atom. The van der Waals surface area contributed by atoms with Crippen LogP contribution >= 0.6 is 11.6 Å². The Labute approximate surface area is 140 Å². The van der Waals surface area contributed by atoms with Gasteiger partial charge in [-0.1, -0.05) is 29.3 Å². The lowest BCUT2D eigenvalue weighted by molar-refractivity contribution is 0.0601. The number of carbonyl (C=O) groups excluding carboxylic acids is 1. The van der Waals surface area contributed by atoms with Crippen LogP contribution in [0.15, 0.2) is 47.4 Å². The van der Waals surface area contributed by atoms with Crippen LogP contribution in [0, 0.1) is 6.92 Å². The number of halogens is 1. The van der Waals surface area contributed by atoms with Crippen molar-refractivity contribution in [3.05, 3.63) is 58.6 Å². The second-order valence-electron chi connectivity index (χ2n) is 4.94. The first-order valence-electron chi connectivity index (χ1n) is 6.71. The van der Waals surface area contributed by atoms with E-state index in [-0.39, 0.29) is 15.5 Å². The molecule has 2 rings (SSSR count). The molecule has 0 unspecified atom stereocenters. The molecule has 0 saturated carbocycles. The number of benzene rings is 2. The van der Waals surface area contributed by atoms with Gasteiger partial charge in [0.1, 0.15) is 0 Å². The van der Waals surface area contributed by atoms with E-state index >= 15 is 0 Å². The van der Waals surface area contributed by atoms with Gasteiger partial charge in [0.05, 0.1) is 28.3 Å². The highest BCUT2D eigenvalue weighted by atomic mass is 35.5. The van der Waals surface area contributed by atoms with Crippen molar-refractivity contribution in [1.82, 2.24) is 0 Å². The summed E-state index contributed by atoms with van der Waals surface area (Å²) in [6, 6.07) is 10.9. The van der Waals surface area contributed by atoms with E-state index in [1.807, 2.05) is 6.92 Å². The normalized spacial score (nSPS) is 11.1. The Kier molecular flexibility index (Phi) is 4.97. The predicted molar refractivity (Wildman–Crippen MR) is 89.6 cm³/mol. The van der Waals surface area contributed by atoms with Gasteiger partial charge >= 0.3 is 5.97 Å². The average Bonchev–Trinajstić information content (AvgIpc) is 2.53. The summed E-state index contributed by atoms with van der Waals surface area (Å²) in [5.41, 5.74) is 1.50. The van der Waals surface area contributed by atoms with Crippen LogP contribution in [-0.2, 0) is 14.8 Å². The third-order valence-electron chi connectivity index (χ3n) is 3.40. The van der Waals surface area contributed by atoms with E-state index in [0.717, 1.165) is 9.87 Å². The molecule has 0 spiro atoms. The van der Waals surface area contributed by atoms with Crippen LogP contribution < -0.4 is 4.31 Å². The first kappa shape index (κ1) is 17.3. The van der Waals surface area contributed by atoms with Crippen molar-refractivity contribution >= 4 is 33.3 Å². The molecule has 0 radical (unpaired) electrons. The average molecular weight is 354 g/mol. The summed E-state index contributed by atoms with van der Waals surface area (Å²) in [5, 5.41) is 0.125. The van der Waals surface area contributed by atoms with E-state index in [1.54, 1.807) is 24.3 Å². The van der Waals surface area contributed by atoms with Gasteiger partial charge in [0.25, 0.3) is 10.0 Å². The second kappa shape index (κ2) is 6.60. The molecule has 0 amide bonds. The topological polar surface area (TPSA) is 63.7 Å². The fourth-order valence-corrected chi connectivity index (χ4v) is 3.42. The molecule has 0 aromatic heterocycles. The van der Waals surface area contributed by atoms with Gasteiger partial charge in [-0.3, -0.25) is 4.31 Å².